The molecule has 0 saturated heterocycles. The number of aromatic nitrogens is 1. The van der Waals surface area contributed by atoms with Crippen molar-refractivity contribution in [3.63, 3.8) is 0 Å². The number of phenols is 1. The third-order valence-corrected chi connectivity index (χ3v) is 6.70. The van der Waals surface area contributed by atoms with E-state index in [4.69, 9.17) is 14.5 Å². The number of nitrogens with zero attached hydrogens (tertiary/aromatic N) is 2. The maximum atomic E-state index is 10.4. The predicted molar refractivity (Wildman–Crippen MR) is 142 cm³/mol. The van der Waals surface area contributed by atoms with Crippen molar-refractivity contribution in [1.82, 2.24) is 4.98 Å². The number of phenolic OH excluding ortho intramolecular Hbond substituents is 1. The summed E-state index contributed by atoms with van der Waals surface area (Å²) in [5.74, 6) is 3.21. The van der Waals surface area contributed by atoms with Crippen molar-refractivity contribution in [3.05, 3.63) is 59.2 Å². The minimum Gasteiger partial charge on any atom is -0.518 e. The van der Waals surface area contributed by atoms with Crippen LogP contribution in [0.2, 0.25) is 0 Å². The zero-order valence-corrected chi connectivity index (χ0v) is 24.7. The fourth-order valence-electron chi connectivity index (χ4n) is 5.05. The van der Waals surface area contributed by atoms with Crippen LogP contribution < -0.4 is 4.74 Å². The Labute approximate surface area is 229 Å². The summed E-state index contributed by atoms with van der Waals surface area (Å²) < 4.78 is 12.3. The maximum absolute atomic E-state index is 10.4. The topological polar surface area (TPSA) is 63.9 Å². The van der Waals surface area contributed by atoms with Crippen molar-refractivity contribution >= 4 is 16.8 Å². The van der Waals surface area contributed by atoms with E-state index in [-0.39, 0.29) is 38.3 Å². The molecule has 196 valence electrons. The van der Waals surface area contributed by atoms with Crippen LogP contribution in [0.5, 0.6) is 17.4 Å². The predicted octanol–water partition coefficient (Wildman–Crippen LogP) is 7.21. The van der Waals surface area contributed by atoms with E-state index in [1.165, 1.54) is 0 Å². The number of aromatic hydroxyl groups is 1. The Morgan fingerprint density at radius 1 is 1.06 bits per heavy atom. The van der Waals surface area contributed by atoms with Gasteiger partial charge in [-0.25, -0.2) is 4.98 Å². The van der Waals surface area contributed by atoms with Gasteiger partial charge in [0.05, 0.1) is 12.6 Å². The van der Waals surface area contributed by atoms with Crippen LogP contribution in [0, 0.1) is 30.7 Å². The van der Waals surface area contributed by atoms with E-state index in [0.717, 1.165) is 22.1 Å². The molecule has 0 spiro atoms. The van der Waals surface area contributed by atoms with Gasteiger partial charge in [-0.2, -0.15) is 0 Å². The molecular weight excluding hydrogens is 631 g/mol. The molecule has 1 aliphatic rings. The third kappa shape index (κ3) is 6.11. The number of hydrogen-bond donors (Lipinski definition) is 1. The van der Waals surface area contributed by atoms with Crippen LogP contribution in [0.3, 0.4) is 0 Å². The molecule has 1 aliphatic heterocycles. The molecule has 2 aromatic carbocycles. The quantitative estimate of drug-likeness (QED) is 0.282. The molecule has 0 amide bonds. The van der Waals surface area contributed by atoms with Gasteiger partial charge in [0.2, 0.25) is 5.88 Å². The van der Waals surface area contributed by atoms with Gasteiger partial charge < -0.3 is 14.6 Å². The molecule has 0 fully saturated rings. The summed E-state index contributed by atoms with van der Waals surface area (Å²) in [6.07, 6.45) is 0. The number of pyridine rings is 1. The van der Waals surface area contributed by atoms with Crippen LogP contribution in [0.15, 0.2) is 41.4 Å². The molecule has 36 heavy (non-hydrogen) atoms. The van der Waals surface area contributed by atoms with Gasteiger partial charge in [-0.3, -0.25) is 4.99 Å². The zero-order valence-electron chi connectivity index (χ0n) is 22.5. The van der Waals surface area contributed by atoms with Gasteiger partial charge in [0.15, 0.2) is 0 Å². The Kier molecular flexibility index (Phi) is 8.55. The van der Waals surface area contributed by atoms with E-state index in [0.29, 0.717) is 47.4 Å². The van der Waals surface area contributed by atoms with Gasteiger partial charge in [-0.05, 0) is 53.9 Å². The number of benzene rings is 2. The van der Waals surface area contributed by atoms with Gasteiger partial charge >= 0.3 is 0 Å². The molecule has 4 rings (SSSR count). The zero-order chi connectivity index (χ0) is 25.5. The van der Waals surface area contributed by atoms with Crippen molar-refractivity contribution in [2.75, 3.05) is 6.61 Å². The Morgan fingerprint density at radius 2 is 1.75 bits per heavy atom. The smallest absolute Gasteiger partial charge is 0.217 e. The molecular formula is C30H37N2O3Pt-. The molecule has 2 heterocycles. The second kappa shape index (κ2) is 10.9. The van der Waals surface area contributed by atoms with E-state index in [2.05, 4.69) is 65.6 Å². The van der Waals surface area contributed by atoms with E-state index >= 15 is 0 Å². The number of hydrogen-bond acceptors (Lipinski definition) is 5. The minimum absolute atomic E-state index is 0. The molecule has 0 bridgehead atoms. The monoisotopic (exact) mass is 668 g/mol. The Balaban J connectivity index is 0.00000361. The molecule has 0 unspecified atom stereocenters. The first kappa shape index (κ1) is 28.2. The molecule has 0 aliphatic carbocycles. The molecule has 6 heteroatoms. The summed E-state index contributed by atoms with van der Waals surface area (Å²) >= 11 is 0. The Bertz CT molecular complexity index is 1250. The minimum atomic E-state index is -0.106. The van der Waals surface area contributed by atoms with Gasteiger partial charge in [0, 0.05) is 38.3 Å². The van der Waals surface area contributed by atoms with Crippen LogP contribution in [0.4, 0.5) is 0 Å². The first-order chi connectivity index (χ1) is 16.4. The van der Waals surface area contributed by atoms with Crippen molar-refractivity contribution in [2.45, 2.75) is 66.8 Å². The Hall–Kier alpha value is -2.39. The number of ether oxygens (including phenoxy) is 2. The average molecular weight is 669 g/mol. The number of aryl methyl sites for hydroxylation is 1. The van der Waals surface area contributed by atoms with Gasteiger partial charge in [0.25, 0.3) is 0 Å². The van der Waals surface area contributed by atoms with Crippen molar-refractivity contribution in [2.24, 2.45) is 22.7 Å². The van der Waals surface area contributed by atoms with Crippen LogP contribution in [0.1, 0.15) is 65.2 Å². The van der Waals surface area contributed by atoms with E-state index < -0.39 is 0 Å². The Morgan fingerprint density at radius 3 is 2.39 bits per heavy atom. The van der Waals surface area contributed by atoms with E-state index in [1.807, 2.05) is 31.2 Å². The SMILES string of the molecule is Cc1cc(O)c2nc(Oc3[c-]c(C4=N[C@@H](C(C(C)C)C(C)C)CO4)cc(C(C)(C)C)c3)ccc2c1.[Pt]. The first-order valence-electron chi connectivity index (χ1n) is 12.5. The maximum Gasteiger partial charge on any atom is 0.217 e. The average Bonchev–Trinajstić information content (AvgIpc) is 3.22. The first-order valence-corrected chi connectivity index (χ1v) is 12.5. The van der Waals surface area contributed by atoms with E-state index in [9.17, 15) is 5.11 Å². The molecule has 1 atom stereocenters. The molecule has 0 saturated carbocycles. The summed E-state index contributed by atoms with van der Waals surface area (Å²) in [4.78, 5) is 9.54. The van der Waals surface area contributed by atoms with Crippen LogP contribution >= 0.6 is 0 Å². The molecule has 5 nitrogen and oxygen atoms in total. The standard InChI is InChI=1S/C30H37N2O3.Pt/c1-17(2)27(18(3)4)24-16-34-29(31-24)21-13-22(30(6,7)8)15-23(14-21)35-26-10-9-20-11-19(5)12-25(33)28(20)32-26;/h9-13,15,17-18,24,27,33H,16H2,1-8H3;/q-1;/t24-;/m1./s1. The summed E-state index contributed by atoms with van der Waals surface area (Å²) in [6.45, 7) is 18.1. The van der Waals surface area contributed by atoms with Gasteiger partial charge in [-0.15, -0.1) is 11.6 Å². The van der Waals surface area contributed by atoms with Gasteiger partial charge in [-0.1, -0.05) is 66.2 Å². The van der Waals surface area contributed by atoms with Crippen molar-refractivity contribution in [1.29, 1.82) is 0 Å². The van der Waals surface area contributed by atoms with Gasteiger partial charge in [0.1, 0.15) is 17.2 Å². The fourth-order valence-corrected chi connectivity index (χ4v) is 5.05. The summed E-state index contributed by atoms with van der Waals surface area (Å²) in [5, 5.41) is 11.2. The second-order valence-corrected chi connectivity index (χ2v) is 11.4. The normalized spacial score (nSPS) is 15.9. The van der Waals surface area contributed by atoms with Crippen molar-refractivity contribution in [3.8, 4) is 17.4 Å². The van der Waals surface area contributed by atoms with Crippen molar-refractivity contribution < 1.29 is 35.6 Å². The number of aliphatic imine (C=N–C) groups is 1. The van der Waals surface area contributed by atoms with Crippen LogP contribution in [-0.4, -0.2) is 28.6 Å². The summed E-state index contributed by atoms with van der Waals surface area (Å²) in [5.41, 5.74) is 3.28. The third-order valence-electron chi connectivity index (χ3n) is 6.70. The second-order valence-electron chi connectivity index (χ2n) is 11.4. The summed E-state index contributed by atoms with van der Waals surface area (Å²) in [7, 11) is 0. The largest absolute Gasteiger partial charge is 0.518 e. The number of fused-ring (bicyclic) bond motifs is 1. The molecule has 0 radical (unpaired) electrons. The van der Waals surface area contributed by atoms with E-state index in [1.54, 1.807) is 6.07 Å². The summed E-state index contributed by atoms with van der Waals surface area (Å²) in [6, 6.07) is 15.0. The van der Waals surface area contributed by atoms with Crippen LogP contribution in [0.25, 0.3) is 10.9 Å². The molecule has 1 aromatic heterocycles. The molecule has 1 N–H and O–H groups in total. The fraction of sp³-hybridized carbons (Fsp3) is 0.467. The number of rotatable bonds is 6. The van der Waals surface area contributed by atoms with Crippen LogP contribution in [-0.2, 0) is 31.2 Å². The molecule has 3 aromatic rings.